The minimum atomic E-state index is -3.73. The largest absolute Gasteiger partial charge is 0.265 e. The van der Waals surface area contributed by atoms with Crippen LogP contribution in [0.5, 0.6) is 0 Å². The van der Waals surface area contributed by atoms with Gasteiger partial charge in [0.1, 0.15) is 11.2 Å². The van der Waals surface area contributed by atoms with Crippen molar-refractivity contribution < 1.29 is 8.42 Å². The summed E-state index contributed by atoms with van der Waals surface area (Å²) >= 11 is 5.78. The van der Waals surface area contributed by atoms with E-state index in [0.29, 0.717) is 0 Å². The summed E-state index contributed by atoms with van der Waals surface area (Å²) in [7, 11) is -3.73. The minimum absolute atomic E-state index is 0.00642. The first-order valence-corrected chi connectivity index (χ1v) is 6.08. The van der Waals surface area contributed by atoms with Gasteiger partial charge in [0, 0.05) is 0 Å². The molecule has 1 aromatic carbocycles. The molecular weight excluding hydrogens is 252 g/mol. The molecule has 0 aliphatic carbocycles. The number of H-pyrrole nitrogens is 1. The molecule has 0 atom stereocenters. The summed E-state index contributed by atoms with van der Waals surface area (Å²) in [5.74, 6) is 0.0416. The van der Waals surface area contributed by atoms with E-state index in [1.807, 2.05) is 0 Å². The van der Waals surface area contributed by atoms with Crippen LogP contribution in [0.4, 0.5) is 5.95 Å². The molecule has 0 unspecified atom stereocenters. The Morgan fingerprint density at radius 3 is 2.69 bits per heavy atom. The van der Waals surface area contributed by atoms with Crippen LogP contribution in [0.3, 0.4) is 0 Å². The lowest BCUT2D eigenvalue weighted by Crippen LogP contribution is -2.14. The number of hydrogen-bond acceptors (Lipinski definition) is 4. The van der Waals surface area contributed by atoms with E-state index in [2.05, 4.69) is 19.9 Å². The first kappa shape index (κ1) is 10.9. The molecule has 0 aliphatic rings. The van der Waals surface area contributed by atoms with E-state index in [1.165, 1.54) is 18.5 Å². The topological polar surface area (TPSA) is 87.7 Å². The lowest BCUT2D eigenvalue weighted by atomic mass is 10.4. The van der Waals surface area contributed by atoms with Crippen molar-refractivity contribution in [3.8, 4) is 0 Å². The number of benzene rings is 1. The molecular formula is C8H7ClN4O2S. The molecule has 2 rings (SSSR count). The van der Waals surface area contributed by atoms with Gasteiger partial charge in [-0.25, -0.2) is 18.2 Å². The zero-order valence-corrected chi connectivity index (χ0v) is 9.46. The zero-order valence-electron chi connectivity index (χ0n) is 7.88. The number of sulfonamides is 1. The molecule has 6 nitrogen and oxygen atoms in total. The molecule has 0 saturated heterocycles. The van der Waals surface area contributed by atoms with Crippen LogP contribution in [0.1, 0.15) is 0 Å². The monoisotopic (exact) mass is 258 g/mol. The highest BCUT2D eigenvalue weighted by Gasteiger charge is 2.18. The molecule has 0 amide bonds. The van der Waals surface area contributed by atoms with Gasteiger partial charge in [0.15, 0.2) is 0 Å². The van der Waals surface area contributed by atoms with E-state index in [0.717, 1.165) is 0 Å². The SMILES string of the molecule is O=S(=O)(Nc1ncn[nH]1)c1ccccc1Cl. The number of nitrogens with one attached hydrogen (secondary N) is 2. The second-order valence-electron chi connectivity index (χ2n) is 2.87. The molecule has 2 aromatic rings. The maximum atomic E-state index is 11.8. The average Bonchev–Trinajstić information content (AvgIpc) is 2.70. The van der Waals surface area contributed by atoms with Gasteiger partial charge in [0.2, 0.25) is 5.95 Å². The number of aromatic amines is 1. The van der Waals surface area contributed by atoms with Gasteiger partial charge in [-0.3, -0.25) is 0 Å². The summed E-state index contributed by atoms with van der Waals surface area (Å²) in [6, 6.07) is 6.13. The lowest BCUT2D eigenvalue weighted by molar-refractivity contribution is 0.601. The van der Waals surface area contributed by atoms with E-state index in [-0.39, 0.29) is 15.9 Å². The predicted octanol–water partition coefficient (Wildman–Crippen LogP) is 1.26. The Balaban J connectivity index is 2.37. The summed E-state index contributed by atoms with van der Waals surface area (Å²) in [6.07, 6.45) is 1.20. The van der Waals surface area contributed by atoms with E-state index in [9.17, 15) is 8.42 Å². The van der Waals surface area contributed by atoms with Gasteiger partial charge >= 0.3 is 0 Å². The maximum Gasteiger partial charge on any atom is 0.265 e. The Labute approximate surface area is 96.7 Å². The number of nitrogens with zero attached hydrogens (tertiary/aromatic N) is 2. The number of rotatable bonds is 3. The van der Waals surface area contributed by atoms with Gasteiger partial charge in [-0.05, 0) is 12.1 Å². The minimum Gasteiger partial charge on any atom is -0.248 e. The lowest BCUT2D eigenvalue weighted by Gasteiger charge is -2.05. The smallest absolute Gasteiger partial charge is 0.248 e. The van der Waals surface area contributed by atoms with Gasteiger partial charge in [-0.15, -0.1) is 0 Å². The summed E-state index contributed by atoms with van der Waals surface area (Å²) in [5.41, 5.74) is 0. The summed E-state index contributed by atoms with van der Waals surface area (Å²) < 4.78 is 25.9. The molecule has 84 valence electrons. The highest BCUT2D eigenvalue weighted by molar-refractivity contribution is 7.92. The molecule has 2 N–H and O–H groups in total. The van der Waals surface area contributed by atoms with Crippen LogP contribution >= 0.6 is 11.6 Å². The second kappa shape index (κ2) is 4.11. The van der Waals surface area contributed by atoms with Crippen LogP contribution < -0.4 is 4.72 Å². The average molecular weight is 259 g/mol. The van der Waals surface area contributed by atoms with Crippen molar-refractivity contribution in [2.45, 2.75) is 4.90 Å². The van der Waals surface area contributed by atoms with Crippen molar-refractivity contribution >= 4 is 27.6 Å². The Bertz CT molecular complexity index is 582. The van der Waals surface area contributed by atoms with Crippen LogP contribution in [-0.2, 0) is 10.0 Å². The van der Waals surface area contributed by atoms with Gasteiger partial charge in [-0.2, -0.15) is 10.1 Å². The maximum absolute atomic E-state index is 11.8. The Morgan fingerprint density at radius 2 is 2.06 bits per heavy atom. The number of hydrogen-bond donors (Lipinski definition) is 2. The Kier molecular flexibility index (Phi) is 2.80. The zero-order chi connectivity index (χ0) is 11.6. The highest BCUT2D eigenvalue weighted by Crippen LogP contribution is 2.21. The van der Waals surface area contributed by atoms with Crippen LogP contribution in [0.2, 0.25) is 5.02 Å². The molecule has 0 radical (unpaired) electrons. The van der Waals surface area contributed by atoms with E-state index in [1.54, 1.807) is 12.1 Å². The first-order valence-electron chi connectivity index (χ1n) is 4.22. The van der Waals surface area contributed by atoms with Crippen molar-refractivity contribution in [1.82, 2.24) is 15.2 Å². The van der Waals surface area contributed by atoms with Gasteiger partial charge in [0.25, 0.3) is 10.0 Å². The summed E-state index contributed by atoms with van der Waals surface area (Å²) in [4.78, 5) is 3.65. The quantitative estimate of drug-likeness (QED) is 0.868. The fourth-order valence-corrected chi connectivity index (χ4v) is 2.59. The third-order valence-corrected chi connectivity index (χ3v) is 3.61. The van der Waals surface area contributed by atoms with Crippen LogP contribution in [0.25, 0.3) is 0 Å². The Morgan fingerprint density at radius 1 is 1.31 bits per heavy atom. The number of halogens is 1. The molecule has 0 spiro atoms. The van der Waals surface area contributed by atoms with Crippen LogP contribution in [0, 0.1) is 0 Å². The van der Waals surface area contributed by atoms with E-state index >= 15 is 0 Å². The molecule has 0 bridgehead atoms. The molecule has 0 saturated carbocycles. The second-order valence-corrected chi connectivity index (χ2v) is 4.93. The number of anilines is 1. The molecule has 1 heterocycles. The molecule has 8 heteroatoms. The molecule has 16 heavy (non-hydrogen) atoms. The molecule has 0 aliphatic heterocycles. The van der Waals surface area contributed by atoms with Crippen molar-refractivity contribution in [3.63, 3.8) is 0 Å². The van der Waals surface area contributed by atoms with Gasteiger partial charge < -0.3 is 0 Å². The summed E-state index contributed by atoms with van der Waals surface area (Å²) in [6.45, 7) is 0. The van der Waals surface area contributed by atoms with Crippen LogP contribution in [0.15, 0.2) is 35.5 Å². The summed E-state index contributed by atoms with van der Waals surface area (Å²) in [5, 5.41) is 6.06. The highest BCUT2D eigenvalue weighted by atomic mass is 35.5. The Hall–Kier alpha value is -1.60. The van der Waals surface area contributed by atoms with Gasteiger partial charge in [-0.1, -0.05) is 23.7 Å². The third-order valence-electron chi connectivity index (χ3n) is 1.77. The predicted molar refractivity (Wildman–Crippen MR) is 58.6 cm³/mol. The normalized spacial score (nSPS) is 11.3. The standard InChI is InChI=1S/C8H7ClN4O2S/c9-6-3-1-2-4-7(6)16(14,15)13-8-10-5-11-12-8/h1-5H,(H2,10,11,12,13). The molecule has 0 fully saturated rings. The third kappa shape index (κ3) is 2.15. The fourth-order valence-electron chi connectivity index (χ4n) is 1.10. The van der Waals surface area contributed by atoms with E-state index < -0.39 is 10.0 Å². The first-order chi connectivity index (χ1) is 7.59. The fraction of sp³-hybridized carbons (Fsp3) is 0. The van der Waals surface area contributed by atoms with Crippen molar-refractivity contribution in [2.75, 3.05) is 4.72 Å². The van der Waals surface area contributed by atoms with Crippen molar-refractivity contribution in [2.24, 2.45) is 0 Å². The van der Waals surface area contributed by atoms with Crippen molar-refractivity contribution in [1.29, 1.82) is 0 Å². The van der Waals surface area contributed by atoms with Gasteiger partial charge in [0.05, 0.1) is 5.02 Å². The molecule has 1 aromatic heterocycles. The van der Waals surface area contributed by atoms with E-state index in [4.69, 9.17) is 11.6 Å². The number of aromatic nitrogens is 3. The van der Waals surface area contributed by atoms with Crippen LogP contribution in [-0.4, -0.2) is 23.6 Å². The van der Waals surface area contributed by atoms with Crippen molar-refractivity contribution in [3.05, 3.63) is 35.6 Å².